The van der Waals surface area contributed by atoms with Crippen LogP contribution in [-0.2, 0) is 6.18 Å². The zero-order valence-corrected chi connectivity index (χ0v) is 17.3. The molecule has 0 spiro atoms. The summed E-state index contributed by atoms with van der Waals surface area (Å²) in [5.74, 6) is 3.60. The summed E-state index contributed by atoms with van der Waals surface area (Å²) >= 11 is 2.04. The summed E-state index contributed by atoms with van der Waals surface area (Å²) in [5, 5.41) is 2.93. The van der Waals surface area contributed by atoms with Gasteiger partial charge in [0.1, 0.15) is 0 Å². The van der Waals surface area contributed by atoms with Crippen molar-refractivity contribution in [1.29, 1.82) is 0 Å². The highest BCUT2D eigenvalue weighted by Crippen LogP contribution is 2.36. The maximum absolute atomic E-state index is 12.7. The highest BCUT2D eigenvalue weighted by molar-refractivity contribution is 7.99. The molecule has 1 amide bonds. The number of nitrogens with zero attached hydrogens (tertiary/aromatic N) is 2. The van der Waals surface area contributed by atoms with Gasteiger partial charge in [0, 0.05) is 55.8 Å². The van der Waals surface area contributed by atoms with Gasteiger partial charge in [-0.1, -0.05) is 0 Å². The van der Waals surface area contributed by atoms with E-state index in [0.717, 1.165) is 31.6 Å². The molecule has 8 heteroatoms. The summed E-state index contributed by atoms with van der Waals surface area (Å²) < 4.78 is 38.0. The molecular weight excluding hydrogens is 399 g/mol. The molecule has 29 heavy (non-hydrogen) atoms. The van der Waals surface area contributed by atoms with Crippen molar-refractivity contribution in [2.24, 2.45) is 11.8 Å². The van der Waals surface area contributed by atoms with Crippen LogP contribution in [0.25, 0.3) is 0 Å². The largest absolute Gasteiger partial charge is 0.416 e. The van der Waals surface area contributed by atoms with Gasteiger partial charge in [-0.25, -0.2) is 0 Å². The molecule has 1 unspecified atom stereocenters. The molecule has 1 aromatic rings. The molecule has 160 valence electrons. The Bertz CT molecular complexity index is 706. The number of thioether (sulfide) groups is 1. The number of nitrogens with one attached hydrogen (secondary N) is 1. The summed E-state index contributed by atoms with van der Waals surface area (Å²) in [5.41, 5.74) is -0.460. The minimum atomic E-state index is -4.38. The zero-order valence-electron chi connectivity index (χ0n) is 16.5. The maximum atomic E-state index is 12.7. The Morgan fingerprint density at radius 1 is 1.14 bits per heavy atom. The van der Waals surface area contributed by atoms with E-state index >= 15 is 0 Å². The first-order valence-electron chi connectivity index (χ1n) is 10.4. The number of amides is 1. The average Bonchev–Trinajstić information content (AvgIpc) is 2.73. The first-order valence-corrected chi connectivity index (χ1v) is 11.6. The minimum absolute atomic E-state index is 0.273. The predicted octanol–water partition coefficient (Wildman–Crippen LogP) is 3.19. The summed E-state index contributed by atoms with van der Waals surface area (Å²) in [7, 11) is 0. The first-order chi connectivity index (χ1) is 13.9. The Labute approximate surface area is 174 Å². The van der Waals surface area contributed by atoms with Crippen LogP contribution < -0.4 is 5.32 Å². The molecule has 5 rings (SSSR count). The molecule has 1 N–H and O–H groups in total. The van der Waals surface area contributed by atoms with Crippen LogP contribution in [0.5, 0.6) is 0 Å². The normalized spacial score (nSPS) is 30.3. The Kier molecular flexibility index (Phi) is 6.41. The first kappa shape index (κ1) is 21.0. The predicted molar refractivity (Wildman–Crippen MR) is 109 cm³/mol. The molecule has 4 aliphatic rings. The van der Waals surface area contributed by atoms with Crippen molar-refractivity contribution in [3.8, 4) is 0 Å². The third-order valence-corrected chi connectivity index (χ3v) is 7.53. The molecule has 4 saturated heterocycles. The standard InChI is InChI=1S/C21H28F3N3OS/c22-21(23,24)18-3-1-15(2-4-18)20(28)25-12-19-11-16-5-6-27(19)14-17(16)13-26-7-9-29-10-8-26/h1-4,16-17,19H,5-14H2,(H,25,28)/t16-,17-,19+/m0/s1. The van der Waals surface area contributed by atoms with Crippen molar-refractivity contribution in [2.75, 3.05) is 50.8 Å². The summed E-state index contributed by atoms with van der Waals surface area (Å²) in [6, 6.07) is 4.76. The fraction of sp³-hybridized carbons (Fsp3) is 0.667. The van der Waals surface area contributed by atoms with Crippen LogP contribution in [0.3, 0.4) is 0 Å². The van der Waals surface area contributed by atoms with Gasteiger partial charge in [0.05, 0.1) is 5.56 Å². The molecular formula is C21H28F3N3OS. The molecule has 0 radical (unpaired) electrons. The van der Waals surface area contributed by atoms with Gasteiger partial charge in [-0.2, -0.15) is 24.9 Å². The Morgan fingerprint density at radius 2 is 1.86 bits per heavy atom. The molecule has 0 aliphatic carbocycles. The minimum Gasteiger partial charge on any atom is -0.350 e. The van der Waals surface area contributed by atoms with E-state index in [-0.39, 0.29) is 11.5 Å². The van der Waals surface area contributed by atoms with Gasteiger partial charge in [0.15, 0.2) is 0 Å². The highest BCUT2D eigenvalue weighted by Gasteiger charge is 2.40. The molecule has 0 aromatic heterocycles. The van der Waals surface area contributed by atoms with E-state index in [1.165, 1.54) is 49.7 Å². The molecule has 2 bridgehead atoms. The summed E-state index contributed by atoms with van der Waals surface area (Å²) in [6.45, 7) is 6.31. The number of halogens is 3. The van der Waals surface area contributed by atoms with Crippen LogP contribution in [0.1, 0.15) is 28.8 Å². The maximum Gasteiger partial charge on any atom is 0.416 e. The third kappa shape index (κ3) is 5.09. The number of fused-ring (bicyclic) bond motifs is 3. The zero-order chi connectivity index (χ0) is 20.4. The van der Waals surface area contributed by atoms with E-state index in [2.05, 4.69) is 15.1 Å². The number of carbonyl (C=O) groups is 1. The molecule has 4 nitrogen and oxygen atoms in total. The van der Waals surface area contributed by atoms with Crippen molar-refractivity contribution >= 4 is 17.7 Å². The highest BCUT2D eigenvalue weighted by atomic mass is 32.2. The van der Waals surface area contributed by atoms with E-state index in [1.807, 2.05) is 11.8 Å². The second kappa shape index (κ2) is 8.86. The lowest BCUT2D eigenvalue weighted by molar-refractivity contribution is -0.137. The molecule has 0 saturated carbocycles. The van der Waals surface area contributed by atoms with E-state index in [9.17, 15) is 18.0 Å². The van der Waals surface area contributed by atoms with Crippen molar-refractivity contribution in [3.63, 3.8) is 0 Å². The van der Waals surface area contributed by atoms with E-state index < -0.39 is 11.7 Å². The Hall–Kier alpha value is -1.25. The van der Waals surface area contributed by atoms with Crippen molar-refractivity contribution < 1.29 is 18.0 Å². The molecule has 4 atom stereocenters. The van der Waals surface area contributed by atoms with E-state index in [1.54, 1.807) is 0 Å². The lowest BCUT2D eigenvalue weighted by atomic mass is 9.75. The second-order valence-corrected chi connectivity index (χ2v) is 9.62. The van der Waals surface area contributed by atoms with Gasteiger partial charge < -0.3 is 10.2 Å². The van der Waals surface area contributed by atoms with Crippen molar-refractivity contribution in [1.82, 2.24) is 15.1 Å². The topological polar surface area (TPSA) is 35.6 Å². The number of rotatable bonds is 5. The number of piperidine rings is 3. The SMILES string of the molecule is O=C(NC[C@H]1C[C@@H]2CCN1C[C@@H]2CN1CCSCC1)c1ccc(C(F)(F)F)cc1. The van der Waals surface area contributed by atoms with Gasteiger partial charge in [-0.3, -0.25) is 9.69 Å². The fourth-order valence-electron chi connectivity index (χ4n) is 4.91. The third-order valence-electron chi connectivity index (χ3n) is 6.58. The molecule has 4 aliphatic heterocycles. The van der Waals surface area contributed by atoms with Gasteiger partial charge in [0.2, 0.25) is 0 Å². The Balaban J connectivity index is 1.27. The van der Waals surface area contributed by atoms with E-state index in [0.29, 0.717) is 24.4 Å². The molecule has 4 heterocycles. The number of benzene rings is 1. The van der Waals surface area contributed by atoms with Crippen LogP contribution in [0, 0.1) is 11.8 Å². The molecule has 1 aromatic carbocycles. The van der Waals surface area contributed by atoms with Crippen LogP contribution in [0.4, 0.5) is 13.2 Å². The lowest BCUT2D eigenvalue weighted by Gasteiger charge is -2.51. The summed E-state index contributed by atoms with van der Waals surface area (Å²) in [4.78, 5) is 17.5. The van der Waals surface area contributed by atoms with Crippen LogP contribution in [0.2, 0.25) is 0 Å². The quantitative estimate of drug-likeness (QED) is 0.783. The Morgan fingerprint density at radius 3 is 2.48 bits per heavy atom. The van der Waals surface area contributed by atoms with Crippen molar-refractivity contribution in [3.05, 3.63) is 35.4 Å². The van der Waals surface area contributed by atoms with Gasteiger partial charge in [-0.05, 0) is 55.5 Å². The number of hydrogen-bond donors (Lipinski definition) is 1. The number of alkyl halides is 3. The molecule has 4 fully saturated rings. The van der Waals surface area contributed by atoms with Crippen LogP contribution in [-0.4, -0.2) is 72.5 Å². The van der Waals surface area contributed by atoms with Gasteiger partial charge >= 0.3 is 6.18 Å². The van der Waals surface area contributed by atoms with Crippen molar-refractivity contribution in [2.45, 2.75) is 25.1 Å². The lowest BCUT2D eigenvalue weighted by Crippen LogP contribution is -2.58. The fourth-order valence-corrected chi connectivity index (χ4v) is 5.89. The van der Waals surface area contributed by atoms with Gasteiger partial charge in [-0.15, -0.1) is 0 Å². The number of hydrogen-bond acceptors (Lipinski definition) is 4. The monoisotopic (exact) mass is 427 g/mol. The van der Waals surface area contributed by atoms with Gasteiger partial charge in [0.25, 0.3) is 5.91 Å². The number of carbonyl (C=O) groups excluding carboxylic acids is 1. The van der Waals surface area contributed by atoms with Crippen LogP contribution in [0.15, 0.2) is 24.3 Å². The smallest absolute Gasteiger partial charge is 0.350 e. The van der Waals surface area contributed by atoms with E-state index in [4.69, 9.17) is 0 Å². The summed E-state index contributed by atoms with van der Waals surface area (Å²) in [6.07, 6.45) is -2.05. The van der Waals surface area contributed by atoms with Crippen LogP contribution >= 0.6 is 11.8 Å². The average molecular weight is 428 g/mol. The second-order valence-electron chi connectivity index (χ2n) is 8.39.